The molecule has 114 valence electrons. The lowest BCUT2D eigenvalue weighted by atomic mass is 10.2. The molecule has 0 spiro atoms. The number of fused-ring (bicyclic) bond motifs is 1. The zero-order chi connectivity index (χ0) is 15.6. The Kier molecular flexibility index (Phi) is 3.55. The second-order valence-corrected chi connectivity index (χ2v) is 5.74. The van der Waals surface area contributed by atoms with Gasteiger partial charge in [-0.2, -0.15) is 10.1 Å². The van der Waals surface area contributed by atoms with Crippen molar-refractivity contribution in [2.45, 2.75) is 6.42 Å². The Morgan fingerprint density at radius 1 is 1.04 bits per heavy atom. The molecule has 0 unspecified atom stereocenters. The molecule has 6 heteroatoms. The van der Waals surface area contributed by atoms with Crippen LogP contribution in [0.25, 0.3) is 0 Å². The van der Waals surface area contributed by atoms with Crippen molar-refractivity contribution in [3.63, 3.8) is 0 Å². The Morgan fingerprint density at radius 3 is 2.74 bits per heavy atom. The van der Waals surface area contributed by atoms with E-state index < -0.39 is 0 Å². The van der Waals surface area contributed by atoms with Gasteiger partial charge in [0.25, 0.3) is 0 Å². The van der Waals surface area contributed by atoms with Gasteiger partial charge < -0.3 is 10.2 Å². The van der Waals surface area contributed by atoms with Crippen molar-refractivity contribution in [1.82, 2.24) is 15.2 Å². The quantitative estimate of drug-likeness (QED) is 0.790. The summed E-state index contributed by atoms with van der Waals surface area (Å²) in [7, 11) is 0. The van der Waals surface area contributed by atoms with Crippen molar-refractivity contribution in [3.05, 3.63) is 65.3 Å². The van der Waals surface area contributed by atoms with Crippen LogP contribution < -0.4 is 10.2 Å². The van der Waals surface area contributed by atoms with Gasteiger partial charge in [0, 0.05) is 22.9 Å². The van der Waals surface area contributed by atoms with Crippen LogP contribution in [-0.2, 0) is 6.42 Å². The minimum absolute atomic E-state index is 0.467. The van der Waals surface area contributed by atoms with Crippen molar-refractivity contribution < 1.29 is 0 Å². The first-order valence-electron chi connectivity index (χ1n) is 7.37. The largest absolute Gasteiger partial charge is 0.324 e. The van der Waals surface area contributed by atoms with E-state index in [4.69, 9.17) is 11.6 Å². The molecule has 0 saturated carbocycles. The molecule has 0 radical (unpaired) electrons. The first-order valence-corrected chi connectivity index (χ1v) is 7.75. The summed E-state index contributed by atoms with van der Waals surface area (Å²) in [6, 6.07) is 15.8. The van der Waals surface area contributed by atoms with Gasteiger partial charge in [0.1, 0.15) is 0 Å². The monoisotopic (exact) mass is 323 g/mol. The molecule has 2 aromatic carbocycles. The molecule has 0 atom stereocenters. The summed E-state index contributed by atoms with van der Waals surface area (Å²) < 4.78 is 0. The second kappa shape index (κ2) is 5.85. The van der Waals surface area contributed by atoms with Crippen molar-refractivity contribution >= 4 is 34.7 Å². The molecule has 1 aliphatic heterocycles. The minimum Gasteiger partial charge on any atom is -0.324 e. The van der Waals surface area contributed by atoms with E-state index in [0.29, 0.717) is 11.0 Å². The molecule has 2 heterocycles. The third-order valence-electron chi connectivity index (χ3n) is 3.81. The molecule has 0 saturated heterocycles. The summed E-state index contributed by atoms with van der Waals surface area (Å²) in [5.74, 6) is 1.26. The molecule has 3 aromatic rings. The summed E-state index contributed by atoms with van der Waals surface area (Å²) in [6.07, 6.45) is 2.70. The third kappa shape index (κ3) is 2.83. The van der Waals surface area contributed by atoms with Gasteiger partial charge in [-0.25, -0.2) is 0 Å². The van der Waals surface area contributed by atoms with Gasteiger partial charge in [-0.1, -0.05) is 29.8 Å². The number of aromatic nitrogens is 3. The summed E-state index contributed by atoms with van der Waals surface area (Å²) in [4.78, 5) is 6.74. The molecular weight excluding hydrogens is 310 g/mol. The van der Waals surface area contributed by atoms with Crippen LogP contribution in [0.5, 0.6) is 0 Å². The van der Waals surface area contributed by atoms with Gasteiger partial charge in [-0.05, 0) is 42.3 Å². The zero-order valence-corrected chi connectivity index (χ0v) is 13.0. The fraction of sp³-hybridized carbons (Fsp3) is 0.118. The predicted octanol–water partition coefficient (Wildman–Crippen LogP) is 3.96. The van der Waals surface area contributed by atoms with Crippen LogP contribution in [0.2, 0.25) is 5.02 Å². The smallest absolute Gasteiger partial charge is 0.249 e. The Labute approximate surface area is 139 Å². The molecule has 0 aliphatic carbocycles. The number of hydrogen-bond acceptors (Lipinski definition) is 5. The summed E-state index contributed by atoms with van der Waals surface area (Å²) in [5.41, 5.74) is 3.39. The Bertz CT molecular complexity index is 834. The number of anilines is 4. The highest BCUT2D eigenvalue weighted by molar-refractivity contribution is 6.30. The Morgan fingerprint density at radius 2 is 1.87 bits per heavy atom. The lowest BCUT2D eigenvalue weighted by Gasteiger charge is -2.18. The molecule has 0 amide bonds. The van der Waals surface area contributed by atoms with E-state index in [-0.39, 0.29) is 0 Å². The van der Waals surface area contributed by atoms with Gasteiger partial charge >= 0.3 is 0 Å². The summed E-state index contributed by atoms with van der Waals surface area (Å²) in [5, 5.41) is 12.0. The van der Waals surface area contributed by atoms with Crippen LogP contribution in [0.15, 0.2) is 54.7 Å². The third-order valence-corrected chi connectivity index (χ3v) is 4.06. The van der Waals surface area contributed by atoms with E-state index in [9.17, 15) is 0 Å². The van der Waals surface area contributed by atoms with Crippen LogP contribution in [0, 0.1) is 0 Å². The molecule has 1 N–H and O–H groups in total. The Hall–Kier alpha value is -2.66. The predicted molar refractivity (Wildman–Crippen MR) is 91.7 cm³/mol. The highest BCUT2D eigenvalue weighted by Gasteiger charge is 2.21. The average molecular weight is 324 g/mol. The lowest BCUT2D eigenvalue weighted by molar-refractivity contribution is 0.920. The maximum Gasteiger partial charge on any atom is 0.249 e. The van der Waals surface area contributed by atoms with E-state index in [2.05, 4.69) is 43.6 Å². The number of nitrogens with zero attached hydrogens (tertiary/aromatic N) is 4. The standard InChI is InChI=1S/C17H14ClN5/c18-13-5-7-14(8-6-13)20-17-21-16(11-19-22-17)23-10-9-12-3-1-2-4-15(12)23/h1-8,11H,9-10H2,(H,20,21,22). The van der Waals surface area contributed by atoms with E-state index >= 15 is 0 Å². The van der Waals surface area contributed by atoms with Crippen LogP contribution in [0.3, 0.4) is 0 Å². The van der Waals surface area contributed by atoms with Gasteiger partial charge in [0.15, 0.2) is 5.82 Å². The van der Waals surface area contributed by atoms with Crippen molar-refractivity contribution in [1.29, 1.82) is 0 Å². The first kappa shape index (κ1) is 14.0. The number of benzene rings is 2. The maximum atomic E-state index is 5.90. The lowest BCUT2D eigenvalue weighted by Crippen LogP contribution is -2.16. The molecule has 0 fully saturated rings. The topological polar surface area (TPSA) is 53.9 Å². The normalized spacial score (nSPS) is 13.0. The summed E-state index contributed by atoms with van der Waals surface area (Å²) in [6.45, 7) is 0.901. The molecule has 5 nitrogen and oxygen atoms in total. The van der Waals surface area contributed by atoms with Crippen molar-refractivity contribution in [2.75, 3.05) is 16.8 Å². The van der Waals surface area contributed by atoms with Crippen molar-refractivity contribution in [2.24, 2.45) is 0 Å². The average Bonchev–Trinajstić information content (AvgIpc) is 3.01. The zero-order valence-electron chi connectivity index (χ0n) is 12.3. The van der Waals surface area contributed by atoms with Crippen LogP contribution in [0.4, 0.5) is 23.1 Å². The van der Waals surface area contributed by atoms with Gasteiger partial charge in [-0.3, -0.25) is 0 Å². The van der Waals surface area contributed by atoms with Gasteiger partial charge in [0.2, 0.25) is 5.95 Å². The molecule has 23 heavy (non-hydrogen) atoms. The molecule has 1 aromatic heterocycles. The second-order valence-electron chi connectivity index (χ2n) is 5.30. The maximum absolute atomic E-state index is 5.90. The van der Waals surface area contributed by atoms with Gasteiger partial charge in [-0.15, -0.1) is 5.10 Å². The molecular formula is C17H14ClN5. The first-order chi connectivity index (χ1) is 11.3. The van der Waals surface area contributed by atoms with Crippen molar-refractivity contribution in [3.8, 4) is 0 Å². The van der Waals surface area contributed by atoms with E-state index in [0.717, 1.165) is 24.5 Å². The number of rotatable bonds is 3. The van der Waals surface area contributed by atoms with E-state index in [1.54, 1.807) is 6.20 Å². The fourth-order valence-electron chi connectivity index (χ4n) is 2.72. The molecule has 0 bridgehead atoms. The van der Waals surface area contributed by atoms with Crippen LogP contribution >= 0.6 is 11.6 Å². The van der Waals surface area contributed by atoms with E-state index in [1.165, 1.54) is 11.3 Å². The van der Waals surface area contributed by atoms with Crippen LogP contribution in [-0.4, -0.2) is 21.7 Å². The van der Waals surface area contributed by atoms with E-state index in [1.807, 2.05) is 30.3 Å². The molecule has 1 aliphatic rings. The number of para-hydroxylation sites is 1. The Balaban J connectivity index is 1.61. The van der Waals surface area contributed by atoms with Gasteiger partial charge in [0.05, 0.1) is 6.20 Å². The van der Waals surface area contributed by atoms with Crippen LogP contribution in [0.1, 0.15) is 5.56 Å². The highest BCUT2D eigenvalue weighted by atomic mass is 35.5. The minimum atomic E-state index is 0.467. The number of halogens is 1. The highest BCUT2D eigenvalue weighted by Crippen LogP contribution is 2.33. The number of hydrogen-bond donors (Lipinski definition) is 1. The fourth-order valence-corrected chi connectivity index (χ4v) is 2.84. The molecule has 4 rings (SSSR count). The summed E-state index contributed by atoms with van der Waals surface area (Å²) >= 11 is 5.90. The number of nitrogens with one attached hydrogen (secondary N) is 1. The SMILES string of the molecule is Clc1ccc(Nc2nncc(N3CCc4ccccc43)n2)cc1.